The van der Waals surface area contributed by atoms with E-state index in [0.717, 1.165) is 18.2 Å². The third kappa shape index (κ3) is 7.50. The van der Waals surface area contributed by atoms with E-state index in [1.807, 2.05) is 0 Å². The number of anilines is 1. The Hall–Kier alpha value is -6.44. The van der Waals surface area contributed by atoms with Gasteiger partial charge in [0.2, 0.25) is 23.5 Å². The van der Waals surface area contributed by atoms with Crippen LogP contribution in [0, 0.1) is 5.82 Å². The van der Waals surface area contributed by atoms with Gasteiger partial charge in [0.25, 0.3) is 0 Å². The fourth-order valence-electron chi connectivity index (χ4n) is 5.52. The van der Waals surface area contributed by atoms with Crippen molar-refractivity contribution in [1.29, 1.82) is 0 Å². The Kier molecular flexibility index (Phi) is 11.4. The van der Waals surface area contributed by atoms with Gasteiger partial charge in [-0.1, -0.05) is 6.07 Å². The van der Waals surface area contributed by atoms with Crippen LogP contribution in [0.5, 0.6) is 46.0 Å². The molecule has 1 aliphatic rings. The molecule has 4 aromatic carbocycles. The average molecular weight is 718 g/mol. The monoisotopic (exact) mass is 717 g/mol. The maximum absolute atomic E-state index is 14.9. The summed E-state index contributed by atoms with van der Waals surface area (Å²) in [6.07, 6.45) is -0.146. The highest BCUT2D eigenvalue weighted by Gasteiger charge is 2.44. The maximum Gasteiger partial charge on any atom is 0.339 e. The minimum atomic E-state index is -1.59. The summed E-state index contributed by atoms with van der Waals surface area (Å²) in [6, 6.07) is 14.4. The number of hydrogen-bond acceptors (Lipinski definition) is 12. The first-order valence-electron chi connectivity index (χ1n) is 15.6. The predicted octanol–water partition coefficient (Wildman–Crippen LogP) is 6.08. The van der Waals surface area contributed by atoms with Crippen molar-refractivity contribution in [2.24, 2.45) is 0 Å². The van der Waals surface area contributed by atoms with Crippen molar-refractivity contribution in [3.05, 3.63) is 94.8 Å². The molecule has 0 radical (unpaired) electrons. The van der Waals surface area contributed by atoms with E-state index in [1.165, 1.54) is 74.1 Å². The lowest BCUT2D eigenvalue weighted by molar-refractivity contribution is -0.111. The number of fused-ring (bicyclic) bond motifs is 1. The molecule has 0 bridgehead atoms. The molecule has 0 fully saturated rings. The summed E-state index contributed by atoms with van der Waals surface area (Å²) >= 11 is 0. The number of ketones is 1. The van der Waals surface area contributed by atoms with Gasteiger partial charge in [0.1, 0.15) is 28.6 Å². The third-order valence-corrected chi connectivity index (χ3v) is 8.07. The van der Waals surface area contributed by atoms with Gasteiger partial charge in [0, 0.05) is 23.8 Å². The first kappa shape index (κ1) is 36.8. The van der Waals surface area contributed by atoms with Crippen LogP contribution in [0.3, 0.4) is 0 Å². The van der Waals surface area contributed by atoms with E-state index in [2.05, 4.69) is 5.32 Å². The lowest BCUT2D eigenvalue weighted by Crippen LogP contribution is -2.40. The lowest BCUT2D eigenvalue weighted by Gasteiger charge is -2.33. The number of benzene rings is 4. The van der Waals surface area contributed by atoms with Crippen molar-refractivity contribution in [2.75, 3.05) is 55.1 Å². The average Bonchev–Trinajstić information content (AvgIpc) is 3.17. The number of carbonyl (C=O) groups is 3. The van der Waals surface area contributed by atoms with Crippen LogP contribution in [0.15, 0.2) is 66.7 Å². The lowest BCUT2D eigenvalue weighted by atomic mass is 9.92. The fourth-order valence-corrected chi connectivity index (χ4v) is 5.52. The van der Waals surface area contributed by atoms with Gasteiger partial charge in [0.15, 0.2) is 29.1 Å². The number of nitrogens with one attached hydrogen (secondary N) is 1. The molecule has 0 spiro atoms. The number of ether oxygens (including phenoxy) is 9. The number of methoxy groups -OCH3 is 7. The van der Waals surface area contributed by atoms with Gasteiger partial charge >= 0.3 is 5.97 Å². The van der Waals surface area contributed by atoms with Gasteiger partial charge in [-0.15, -0.1) is 0 Å². The smallest absolute Gasteiger partial charge is 0.339 e. The molecule has 14 heteroatoms. The maximum atomic E-state index is 14.9. The SMILES string of the molecule is COc1cc(OC)c2c(c1)O[C@H](c1cc(OC)c(OC)c(OC)c1)[C@@H](OC(=O)c1ccc(F)c(NC(=O)/C=C/c3ccc(OC)c(OC)c3)c1)C2=O. The number of rotatable bonds is 13. The van der Waals surface area contributed by atoms with Crippen molar-refractivity contribution >= 4 is 29.4 Å². The molecule has 0 saturated heterocycles. The number of esters is 1. The number of carbonyl (C=O) groups excluding carboxylic acids is 3. The highest BCUT2D eigenvalue weighted by Crippen LogP contribution is 2.47. The van der Waals surface area contributed by atoms with Gasteiger partial charge in [0.05, 0.1) is 61.0 Å². The van der Waals surface area contributed by atoms with Crippen LogP contribution in [0.1, 0.15) is 37.9 Å². The summed E-state index contributed by atoms with van der Waals surface area (Å²) < 4.78 is 64.9. The normalized spacial score (nSPS) is 14.8. The van der Waals surface area contributed by atoms with E-state index < -0.39 is 35.7 Å². The van der Waals surface area contributed by atoms with Gasteiger partial charge in [-0.3, -0.25) is 9.59 Å². The van der Waals surface area contributed by atoms with Gasteiger partial charge in [-0.25, -0.2) is 9.18 Å². The summed E-state index contributed by atoms with van der Waals surface area (Å²) in [5.74, 6) is -0.812. The van der Waals surface area contributed by atoms with Crippen LogP contribution in [0.4, 0.5) is 10.1 Å². The molecule has 1 N–H and O–H groups in total. The molecule has 1 aliphatic heterocycles. The standard InChI is InChI=1S/C38H36FNO12/c1-44-23-18-28(47-4)33-29(19-23)51-35(22-16-30(48-5)36(50-7)31(17-22)49-6)37(34(33)42)52-38(43)21-10-11-24(39)25(15-21)40-32(41)13-9-20-8-12-26(45-2)27(14-20)46-3/h8-19,35,37H,1-7H3,(H,40,41)/b13-9+/t35-,37+/m1/s1. The summed E-state index contributed by atoms with van der Waals surface area (Å²) in [4.78, 5) is 40.7. The Morgan fingerprint density at radius 3 is 2.02 bits per heavy atom. The molecule has 0 unspecified atom stereocenters. The van der Waals surface area contributed by atoms with Crippen LogP contribution in [0.2, 0.25) is 0 Å². The van der Waals surface area contributed by atoms with E-state index in [-0.39, 0.29) is 45.6 Å². The number of hydrogen-bond donors (Lipinski definition) is 1. The number of Topliss-reactive ketones (excluding diaryl/α,β-unsaturated/α-hetero) is 1. The molecular formula is C38H36FNO12. The first-order chi connectivity index (χ1) is 25.1. The van der Waals surface area contributed by atoms with Crippen molar-refractivity contribution < 1.29 is 61.4 Å². The zero-order valence-electron chi connectivity index (χ0n) is 29.4. The van der Waals surface area contributed by atoms with E-state index in [1.54, 1.807) is 30.3 Å². The first-order valence-corrected chi connectivity index (χ1v) is 15.6. The molecule has 1 amide bonds. The van der Waals surface area contributed by atoms with Gasteiger partial charge in [-0.2, -0.15) is 0 Å². The van der Waals surface area contributed by atoms with Crippen LogP contribution < -0.4 is 43.2 Å². The van der Waals surface area contributed by atoms with Crippen LogP contribution in [-0.2, 0) is 9.53 Å². The largest absolute Gasteiger partial charge is 0.496 e. The summed E-state index contributed by atoms with van der Waals surface area (Å²) in [5, 5.41) is 2.42. The molecule has 272 valence electrons. The van der Waals surface area contributed by atoms with Crippen molar-refractivity contribution in [3.63, 3.8) is 0 Å². The molecule has 5 rings (SSSR count). The zero-order chi connectivity index (χ0) is 37.5. The van der Waals surface area contributed by atoms with Crippen molar-refractivity contribution in [3.8, 4) is 46.0 Å². The second-order valence-corrected chi connectivity index (χ2v) is 11.0. The molecule has 0 aliphatic carbocycles. The highest BCUT2D eigenvalue weighted by molar-refractivity contribution is 6.07. The molecule has 0 saturated carbocycles. The van der Waals surface area contributed by atoms with Crippen molar-refractivity contribution in [2.45, 2.75) is 12.2 Å². The summed E-state index contributed by atoms with van der Waals surface area (Å²) in [5.41, 5.74) is 0.496. The quantitative estimate of drug-likeness (QED) is 0.126. The summed E-state index contributed by atoms with van der Waals surface area (Å²) in [6.45, 7) is 0. The predicted molar refractivity (Wildman–Crippen MR) is 186 cm³/mol. The second-order valence-electron chi connectivity index (χ2n) is 11.0. The number of halogens is 1. The van der Waals surface area contributed by atoms with Crippen LogP contribution >= 0.6 is 0 Å². The Balaban J connectivity index is 1.46. The van der Waals surface area contributed by atoms with E-state index in [4.69, 9.17) is 42.6 Å². The molecule has 52 heavy (non-hydrogen) atoms. The Morgan fingerprint density at radius 1 is 0.731 bits per heavy atom. The second kappa shape index (κ2) is 16.1. The highest BCUT2D eigenvalue weighted by atomic mass is 19.1. The topological polar surface area (TPSA) is 146 Å². The zero-order valence-corrected chi connectivity index (χ0v) is 29.4. The molecule has 13 nitrogen and oxygen atoms in total. The van der Waals surface area contributed by atoms with Gasteiger partial charge < -0.3 is 47.9 Å². The minimum absolute atomic E-state index is 0.0121. The van der Waals surface area contributed by atoms with E-state index in [0.29, 0.717) is 28.4 Å². The van der Waals surface area contributed by atoms with Crippen LogP contribution in [0.25, 0.3) is 6.08 Å². The fraction of sp³-hybridized carbons (Fsp3) is 0.237. The van der Waals surface area contributed by atoms with E-state index in [9.17, 15) is 18.8 Å². The third-order valence-electron chi connectivity index (χ3n) is 8.07. The van der Waals surface area contributed by atoms with E-state index >= 15 is 0 Å². The Bertz CT molecular complexity index is 2000. The van der Waals surface area contributed by atoms with Crippen molar-refractivity contribution in [1.82, 2.24) is 0 Å². The Morgan fingerprint density at radius 2 is 1.40 bits per heavy atom. The summed E-state index contributed by atoms with van der Waals surface area (Å²) in [7, 11) is 10.1. The molecule has 2 atom stereocenters. The molecule has 4 aromatic rings. The Labute approximate surface area is 298 Å². The number of amides is 1. The minimum Gasteiger partial charge on any atom is -0.496 e. The van der Waals surface area contributed by atoms with Gasteiger partial charge in [-0.05, 0) is 54.1 Å². The molecule has 1 heterocycles. The molecular weight excluding hydrogens is 681 g/mol. The molecule has 0 aromatic heterocycles. The van der Waals surface area contributed by atoms with Crippen LogP contribution in [-0.4, -0.2) is 73.5 Å².